The van der Waals surface area contributed by atoms with Crippen LogP contribution in [0.15, 0.2) is 46.1 Å². The van der Waals surface area contributed by atoms with Crippen LogP contribution in [0.5, 0.6) is 0 Å². The van der Waals surface area contributed by atoms with Crippen LogP contribution < -0.4 is 21.9 Å². The Hall–Kier alpha value is -4.32. The van der Waals surface area contributed by atoms with Crippen molar-refractivity contribution in [3.8, 4) is 0 Å². The number of amides is 2. The first-order valence-electron chi connectivity index (χ1n) is 15.9. The van der Waals surface area contributed by atoms with Gasteiger partial charge in [0, 0.05) is 51.0 Å². The number of aromatic amines is 1. The van der Waals surface area contributed by atoms with Gasteiger partial charge in [-0.25, -0.2) is 4.79 Å². The first-order valence-corrected chi connectivity index (χ1v) is 15.9. The number of carbonyl (C=O) groups is 4. The van der Waals surface area contributed by atoms with Gasteiger partial charge in [0.05, 0.1) is 18.1 Å². The molecule has 0 spiro atoms. The molecule has 2 aromatic rings. The molecule has 1 aromatic heterocycles. The molecule has 3 rings (SSSR count). The van der Waals surface area contributed by atoms with E-state index in [-0.39, 0.29) is 49.0 Å². The lowest BCUT2D eigenvalue weighted by atomic mass is 9.92. The highest BCUT2D eigenvalue weighted by Crippen LogP contribution is 2.32. The SMILES string of the molecule is CC[C@H]1O[C@@H](n2cc(/C=C/C(=O)NCCCC(=O)[C@@H](C)c3ccc(CC(C)C)cc3)c(=O)[nH]c2=O)C[C@H]1OC(=O)CCC(=O)NC. The highest BCUT2D eigenvalue weighted by atomic mass is 16.6. The van der Waals surface area contributed by atoms with Crippen LogP contribution in [-0.2, 0) is 35.1 Å². The van der Waals surface area contributed by atoms with Crippen molar-refractivity contribution in [3.05, 3.63) is 74.1 Å². The van der Waals surface area contributed by atoms with Gasteiger partial charge < -0.3 is 20.1 Å². The fraction of sp³-hybridized carbons (Fsp3) is 0.529. The third-order valence-corrected chi connectivity index (χ3v) is 7.93. The highest BCUT2D eigenvalue weighted by Gasteiger charge is 2.38. The first kappa shape index (κ1) is 36.2. The number of nitrogens with zero attached hydrogens (tertiary/aromatic N) is 1. The van der Waals surface area contributed by atoms with Gasteiger partial charge in [-0.2, -0.15) is 0 Å². The molecular weight excluding hydrogens is 592 g/mol. The van der Waals surface area contributed by atoms with Gasteiger partial charge in [-0.3, -0.25) is 33.5 Å². The maximum Gasteiger partial charge on any atom is 0.330 e. The second-order valence-corrected chi connectivity index (χ2v) is 12.0. The lowest BCUT2D eigenvalue weighted by molar-refractivity contribution is -0.153. The molecule has 250 valence electrons. The van der Waals surface area contributed by atoms with Crippen molar-refractivity contribution in [1.29, 1.82) is 0 Å². The highest BCUT2D eigenvalue weighted by molar-refractivity contribution is 5.91. The summed E-state index contributed by atoms with van der Waals surface area (Å²) in [5.41, 5.74) is 0.891. The lowest BCUT2D eigenvalue weighted by Gasteiger charge is -2.17. The molecule has 46 heavy (non-hydrogen) atoms. The molecule has 1 fully saturated rings. The number of benzene rings is 1. The molecule has 1 aromatic carbocycles. The minimum absolute atomic E-state index is 0.00319. The number of H-pyrrole nitrogens is 1. The number of hydrogen-bond acceptors (Lipinski definition) is 8. The van der Waals surface area contributed by atoms with E-state index in [0.717, 1.165) is 12.0 Å². The molecule has 1 aliphatic rings. The molecule has 3 N–H and O–H groups in total. The second kappa shape index (κ2) is 17.4. The van der Waals surface area contributed by atoms with Crippen LogP contribution in [-0.4, -0.2) is 58.9 Å². The minimum Gasteiger partial charge on any atom is -0.459 e. The van der Waals surface area contributed by atoms with Gasteiger partial charge in [-0.1, -0.05) is 52.0 Å². The summed E-state index contributed by atoms with van der Waals surface area (Å²) in [5.74, 6) is -0.865. The zero-order chi connectivity index (χ0) is 33.8. The molecule has 0 aliphatic carbocycles. The number of nitrogens with one attached hydrogen (secondary N) is 3. The lowest BCUT2D eigenvalue weighted by Crippen LogP contribution is -2.33. The summed E-state index contributed by atoms with van der Waals surface area (Å²) in [6.45, 7) is 8.36. The maximum atomic E-state index is 12.7. The number of aromatic nitrogens is 2. The van der Waals surface area contributed by atoms with Crippen molar-refractivity contribution in [2.24, 2.45) is 5.92 Å². The topological polar surface area (TPSA) is 166 Å². The van der Waals surface area contributed by atoms with Crippen molar-refractivity contribution in [2.75, 3.05) is 13.6 Å². The van der Waals surface area contributed by atoms with E-state index >= 15 is 0 Å². The summed E-state index contributed by atoms with van der Waals surface area (Å²) in [4.78, 5) is 76.1. The standard InChI is InChI=1S/C34H46N4O8/c1-6-27-28(46-32(42)16-15-29(40)35-5)19-31(45-27)38-20-25(33(43)37-34(38)44)13-14-30(41)36-17-7-8-26(39)22(4)24-11-9-23(10-12-24)18-21(2)3/h9-14,20-22,27-28,31H,6-8,15-19H2,1-5H3,(H,35,40)(H,36,41)(H,37,43,44)/b14-13+/t22-,27+,28+,31+/m0/s1. The Morgan fingerprint density at radius 1 is 1.09 bits per heavy atom. The third-order valence-electron chi connectivity index (χ3n) is 7.93. The molecule has 0 bridgehead atoms. The van der Waals surface area contributed by atoms with Crippen LogP contribution in [0.4, 0.5) is 0 Å². The molecule has 1 saturated heterocycles. The van der Waals surface area contributed by atoms with E-state index in [1.54, 1.807) is 0 Å². The van der Waals surface area contributed by atoms with Crippen LogP contribution in [0.3, 0.4) is 0 Å². The van der Waals surface area contributed by atoms with Crippen LogP contribution in [0.1, 0.15) is 95.1 Å². The summed E-state index contributed by atoms with van der Waals surface area (Å²) in [6.07, 6.45) is 4.20. The molecule has 0 saturated carbocycles. The van der Waals surface area contributed by atoms with Gasteiger partial charge in [0.15, 0.2) is 0 Å². The van der Waals surface area contributed by atoms with Gasteiger partial charge in [-0.05, 0) is 42.4 Å². The van der Waals surface area contributed by atoms with Gasteiger partial charge in [0.1, 0.15) is 18.1 Å². The molecule has 1 aliphatic heterocycles. The molecule has 12 heteroatoms. The number of rotatable bonds is 16. The number of carbonyl (C=O) groups excluding carboxylic acids is 4. The van der Waals surface area contributed by atoms with Crippen molar-refractivity contribution in [3.63, 3.8) is 0 Å². The van der Waals surface area contributed by atoms with Crippen LogP contribution in [0.2, 0.25) is 0 Å². The normalized spacial score (nSPS) is 18.4. The van der Waals surface area contributed by atoms with E-state index in [0.29, 0.717) is 25.2 Å². The zero-order valence-corrected chi connectivity index (χ0v) is 27.3. The fourth-order valence-electron chi connectivity index (χ4n) is 5.27. The number of ether oxygens (including phenoxy) is 2. The summed E-state index contributed by atoms with van der Waals surface area (Å²) in [6, 6.07) is 8.14. The fourth-order valence-corrected chi connectivity index (χ4v) is 5.27. The Labute approximate surface area is 268 Å². The molecular formula is C34H46N4O8. The Balaban J connectivity index is 1.52. The number of esters is 1. The summed E-state index contributed by atoms with van der Waals surface area (Å²) < 4.78 is 12.7. The largest absolute Gasteiger partial charge is 0.459 e. The first-order chi connectivity index (χ1) is 21.9. The summed E-state index contributed by atoms with van der Waals surface area (Å²) in [5, 5.41) is 5.16. The molecule has 0 unspecified atom stereocenters. The van der Waals surface area contributed by atoms with E-state index in [1.165, 1.54) is 35.5 Å². The number of ketones is 1. The smallest absolute Gasteiger partial charge is 0.330 e. The van der Waals surface area contributed by atoms with Crippen molar-refractivity contribution in [2.45, 2.75) is 97.0 Å². The molecule has 2 heterocycles. The quantitative estimate of drug-likeness (QED) is 0.143. The van der Waals surface area contributed by atoms with E-state index in [9.17, 15) is 28.8 Å². The summed E-state index contributed by atoms with van der Waals surface area (Å²) in [7, 11) is 1.48. The van der Waals surface area contributed by atoms with Crippen molar-refractivity contribution < 1.29 is 28.7 Å². The summed E-state index contributed by atoms with van der Waals surface area (Å²) >= 11 is 0. The molecule has 2 amide bonds. The average molecular weight is 639 g/mol. The Morgan fingerprint density at radius 3 is 2.46 bits per heavy atom. The molecule has 4 atom stereocenters. The van der Waals surface area contributed by atoms with Crippen LogP contribution >= 0.6 is 0 Å². The van der Waals surface area contributed by atoms with Crippen LogP contribution in [0.25, 0.3) is 6.08 Å². The predicted octanol–water partition coefficient (Wildman–Crippen LogP) is 3.15. The van der Waals surface area contributed by atoms with Crippen molar-refractivity contribution >= 4 is 29.6 Å². The Morgan fingerprint density at radius 2 is 1.80 bits per heavy atom. The van der Waals surface area contributed by atoms with Gasteiger partial charge >= 0.3 is 11.7 Å². The average Bonchev–Trinajstić information content (AvgIpc) is 3.43. The van der Waals surface area contributed by atoms with Gasteiger partial charge in [0.25, 0.3) is 5.56 Å². The number of Topliss-reactive ketones (excluding diaryl/α,β-unsaturated/α-hetero) is 1. The van der Waals surface area contributed by atoms with E-state index < -0.39 is 41.6 Å². The zero-order valence-electron chi connectivity index (χ0n) is 27.3. The van der Waals surface area contributed by atoms with Gasteiger partial charge in [0.2, 0.25) is 11.8 Å². The van der Waals surface area contributed by atoms with E-state index in [2.05, 4.69) is 41.6 Å². The maximum absolute atomic E-state index is 12.7. The van der Waals surface area contributed by atoms with Crippen molar-refractivity contribution in [1.82, 2.24) is 20.2 Å². The molecule has 12 nitrogen and oxygen atoms in total. The van der Waals surface area contributed by atoms with E-state index in [4.69, 9.17) is 9.47 Å². The predicted molar refractivity (Wildman–Crippen MR) is 173 cm³/mol. The van der Waals surface area contributed by atoms with Crippen LogP contribution in [0, 0.1) is 5.92 Å². The molecule has 0 radical (unpaired) electrons. The van der Waals surface area contributed by atoms with E-state index in [1.807, 2.05) is 26.0 Å². The Bertz CT molecular complexity index is 1510. The van der Waals surface area contributed by atoms with Gasteiger partial charge in [-0.15, -0.1) is 0 Å². The minimum atomic E-state index is -0.815. The third kappa shape index (κ3) is 10.6. The monoisotopic (exact) mass is 638 g/mol. The number of hydrogen-bond donors (Lipinski definition) is 3. The Kier molecular flexibility index (Phi) is 13.7. The second-order valence-electron chi connectivity index (χ2n) is 12.0.